The van der Waals surface area contributed by atoms with Gasteiger partial charge in [0.1, 0.15) is 23.9 Å². The molecule has 1 atom stereocenters. The molecule has 1 aromatic heterocycles. The second kappa shape index (κ2) is 12.2. The first-order valence-electron chi connectivity index (χ1n) is 12.9. The molecule has 0 radical (unpaired) electrons. The number of rotatable bonds is 12. The maximum absolute atomic E-state index is 13.1. The zero-order chi connectivity index (χ0) is 27.9. The van der Waals surface area contributed by atoms with Gasteiger partial charge in [0.05, 0.1) is 6.54 Å². The number of carbonyl (C=O) groups is 2. The molecule has 0 aliphatic heterocycles. The number of carboxylic acid groups (broad SMARTS) is 1. The number of carboxylic acids is 1. The minimum atomic E-state index is -1.01. The van der Waals surface area contributed by atoms with Gasteiger partial charge in [0.15, 0.2) is 11.4 Å². The number of nitrogens with one attached hydrogen (secondary N) is 1. The monoisotopic (exact) mass is 535 g/mol. The normalized spacial score (nSPS) is 11.6. The van der Waals surface area contributed by atoms with Gasteiger partial charge in [0, 0.05) is 30.3 Å². The lowest BCUT2D eigenvalue weighted by molar-refractivity contribution is -0.137. The van der Waals surface area contributed by atoms with Gasteiger partial charge in [-0.25, -0.2) is 4.79 Å². The predicted octanol–water partition coefficient (Wildman–Crippen LogP) is 5.68. The quantitative estimate of drug-likeness (QED) is 0.197. The van der Waals surface area contributed by atoms with E-state index in [4.69, 9.17) is 9.15 Å². The number of hydrogen-bond donors (Lipinski definition) is 2. The summed E-state index contributed by atoms with van der Waals surface area (Å²) in [5, 5.41) is 13.0. The first kappa shape index (κ1) is 26.5. The van der Waals surface area contributed by atoms with Gasteiger partial charge in [-0.3, -0.25) is 4.79 Å². The standard InChI is InChI=1S/C32H29N3O5/c1-35(32-34-27-13-7-8-14-29(27)40-32)19-20-39-24-17-15-22(16-18-24)21-28(31(37)38)33-26-12-6-5-11-25(26)30(36)23-9-3-2-4-10-23/h2-18,28,33H,19-21H2,1H3,(H,37,38). The SMILES string of the molecule is CN(CCOc1ccc(CC(Nc2ccccc2C(=O)c2ccccc2)C(=O)O)cc1)c1nc2ccccc2o1. The molecular formula is C32H29N3O5. The van der Waals surface area contributed by atoms with Crippen molar-refractivity contribution >= 4 is 34.6 Å². The van der Waals surface area contributed by atoms with Crippen LogP contribution in [0.3, 0.4) is 0 Å². The Morgan fingerprint density at radius 2 is 1.62 bits per heavy atom. The molecule has 1 heterocycles. The Morgan fingerprint density at radius 1 is 0.925 bits per heavy atom. The summed E-state index contributed by atoms with van der Waals surface area (Å²) in [5.74, 6) is -0.506. The molecule has 0 fully saturated rings. The third-order valence-electron chi connectivity index (χ3n) is 6.50. The number of anilines is 2. The van der Waals surface area contributed by atoms with Gasteiger partial charge < -0.3 is 24.5 Å². The highest BCUT2D eigenvalue weighted by molar-refractivity contribution is 6.12. The van der Waals surface area contributed by atoms with Crippen LogP contribution in [0, 0.1) is 0 Å². The van der Waals surface area contributed by atoms with Crippen LogP contribution in [0.25, 0.3) is 11.1 Å². The average Bonchev–Trinajstić information content (AvgIpc) is 3.43. The lowest BCUT2D eigenvalue weighted by Crippen LogP contribution is -2.32. The summed E-state index contributed by atoms with van der Waals surface area (Å²) in [6.07, 6.45) is 0.226. The highest BCUT2D eigenvalue weighted by Gasteiger charge is 2.21. The summed E-state index contributed by atoms with van der Waals surface area (Å²) in [6.45, 7) is 0.987. The van der Waals surface area contributed by atoms with Crippen molar-refractivity contribution in [2.45, 2.75) is 12.5 Å². The topological polar surface area (TPSA) is 105 Å². The van der Waals surface area contributed by atoms with Gasteiger partial charge in [-0.2, -0.15) is 4.98 Å². The van der Waals surface area contributed by atoms with Crippen LogP contribution in [0.2, 0.25) is 0 Å². The fraction of sp³-hybridized carbons (Fsp3) is 0.156. The number of fused-ring (bicyclic) bond motifs is 1. The second-order valence-corrected chi connectivity index (χ2v) is 9.36. The number of likely N-dealkylation sites (N-methyl/N-ethyl adjacent to an activating group) is 1. The van der Waals surface area contributed by atoms with Gasteiger partial charge in [0.2, 0.25) is 0 Å². The van der Waals surface area contributed by atoms with E-state index in [0.29, 0.717) is 41.7 Å². The van der Waals surface area contributed by atoms with E-state index in [2.05, 4.69) is 10.3 Å². The van der Waals surface area contributed by atoms with E-state index in [1.54, 1.807) is 48.5 Å². The average molecular weight is 536 g/mol. The predicted molar refractivity (Wildman–Crippen MR) is 154 cm³/mol. The second-order valence-electron chi connectivity index (χ2n) is 9.36. The highest BCUT2D eigenvalue weighted by Crippen LogP contribution is 2.23. The third kappa shape index (κ3) is 6.30. The Morgan fingerprint density at radius 3 is 2.38 bits per heavy atom. The molecule has 8 nitrogen and oxygen atoms in total. The van der Waals surface area contributed by atoms with Crippen molar-refractivity contribution in [2.75, 3.05) is 30.4 Å². The van der Waals surface area contributed by atoms with E-state index in [1.165, 1.54) is 0 Å². The number of carbonyl (C=O) groups excluding carboxylic acids is 1. The van der Waals surface area contributed by atoms with Crippen molar-refractivity contribution in [2.24, 2.45) is 0 Å². The number of ketones is 1. The third-order valence-corrected chi connectivity index (χ3v) is 6.50. The van der Waals surface area contributed by atoms with Crippen LogP contribution in [0.4, 0.5) is 11.7 Å². The number of aliphatic carboxylic acids is 1. The van der Waals surface area contributed by atoms with Crippen LogP contribution in [0.5, 0.6) is 5.75 Å². The zero-order valence-electron chi connectivity index (χ0n) is 22.0. The van der Waals surface area contributed by atoms with Gasteiger partial charge >= 0.3 is 5.97 Å². The lowest BCUT2D eigenvalue weighted by atomic mass is 10.00. The Bertz CT molecular complexity index is 1570. The van der Waals surface area contributed by atoms with Crippen LogP contribution >= 0.6 is 0 Å². The molecule has 1 unspecified atom stereocenters. The Hall–Kier alpha value is -5.11. The largest absolute Gasteiger partial charge is 0.492 e. The van der Waals surface area contributed by atoms with Crippen molar-refractivity contribution in [1.82, 2.24) is 4.98 Å². The minimum absolute atomic E-state index is 0.170. The van der Waals surface area contributed by atoms with E-state index in [-0.39, 0.29) is 12.2 Å². The number of aromatic nitrogens is 1. The van der Waals surface area contributed by atoms with Crippen LogP contribution < -0.4 is 15.0 Å². The van der Waals surface area contributed by atoms with Crippen molar-refractivity contribution in [3.8, 4) is 5.75 Å². The van der Waals surface area contributed by atoms with E-state index in [9.17, 15) is 14.7 Å². The fourth-order valence-electron chi connectivity index (χ4n) is 4.32. The number of ether oxygens (including phenoxy) is 1. The number of nitrogens with zero attached hydrogens (tertiary/aromatic N) is 2. The molecule has 0 aliphatic carbocycles. The molecule has 4 aromatic carbocycles. The van der Waals surface area contributed by atoms with Gasteiger partial charge in [-0.15, -0.1) is 0 Å². The van der Waals surface area contributed by atoms with Crippen LogP contribution in [-0.4, -0.2) is 48.1 Å². The lowest BCUT2D eigenvalue weighted by Gasteiger charge is -2.19. The summed E-state index contributed by atoms with van der Waals surface area (Å²) in [4.78, 5) is 31.5. The van der Waals surface area contributed by atoms with E-state index >= 15 is 0 Å². The maximum Gasteiger partial charge on any atom is 0.326 e. The molecule has 0 bridgehead atoms. The molecule has 0 amide bonds. The minimum Gasteiger partial charge on any atom is -0.492 e. The highest BCUT2D eigenvalue weighted by atomic mass is 16.5. The van der Waals surface area contributed by atoms with Gasteiger partial charge in [-0.05, 0) is 42.0 Å². The summed E-state index contributed by atoms with van der Waals surface area (Å²) in [6, 6.07) is 30.4. The molecule has 0 saturated heterocycles. The molecule has 2 N–H and O–H groups in total. The van der Waals surface area contributed by atoms with Crippen molar-refractivity contribution in [1.29, 1.82) is 0 Å². The number of benzene rings is 4. The number of hydrogen-bond acceptors (Lipinski definition) is 7. The van der Waals surface area contributed by atoms with Crippen molar-refractivity contribution < 1.29 is 23.8 Å². The molecule has 5 rings (SSSR count). The first-order chi connectivity index (χ1) is 19.5. The molecule has 202 valence electrons. The van der Waals surface area contributed by atoms with E-state index in [0.717, 1.165) is 16.7 Å². The molecule has 0 aliphatic rings. The van der Waals surface area contributed by atoms with Crippen LogP contribution in [0.15, 0.2) is 108 Å². The van der Waals surface area contributed by atoms with Crippen LogP contribution in [0.1, 0.15) is 21.5 Å². The molecule has 5 aromatic rings. The Labute approximate surface area is 231 Å². The first-order valence-corrected chi connectivity index (χ1v) is 12.9. The molecule has 8 heteroatoms. The van der Waals surface area contributed by atoms with E-state index in [1.807, 2.05) is 66.5 Å². The summed E-state index contributed by atoms with van der Waals surface area (Å²) < 4.78 is 11.7. The smallest absolute Gasteiger partial charge is 0.326 e. The summed E-state index contributed by atoms with van der Waals surface area (Å²) in [5.41, 5.74) is 3.81. The molecule has 0 spiro atoms. The van der Waals surface area contributed by atoms with Crippen molar-refractivity contribution in [3.63, 3.8) is 0 Å². The Balaban J connectivity index is 1.18. The maximum atomic E-state index is 13.1. The summed E-state index contributed by atoms with van der Waals surface area (Å²) in [7, 11) is 1.89. The number of oxazole rings is 1. The fourth-order valence-corrected chi connectivity index (χ4v) is 4.32. The van der Waals surface area contributed by atoms with Crippen LogP contribution in [-0.2, 0) is 11.2 Å². The number of para-hydroxylation sites is 3. The molecule has 40 heavy (non-hydrogen) atoms. The molecular weight excluding hydrogens is 506 g/mol. The van der Waals surface area contributed by atoms with Gasteiger partial charge in [-0.1, -0.05) is 66.7 Å². The molecule has 0 saturated carbocycles. The summed E-state index contributed by atoms with van der Waals surface area (Å²) >= 11 is 0. The van der Waals surface area contributed by atoms with Gasteiger partial charge in [0.25, 0.3) is 6.01 Å². The Kier molecular flexibility index (Phi) is 8.06. The van der Waals surface area contributed by atoms with Crippen molar-refractivity contribution in [3.05, 3.63) is 120 Å². The zero-order valence-corrected chi connectivity index (χ0v) is 22.0. The van der Waals surface area contributed by atoms with E-state index < -0.39 is 12.0 Å².